The minimum atomic E-state index is -5.09. The molecule has 5 rings (SSSR count). The molecule has 47 heavy (non-hydrogen) atoms. The van der Waals surface area contributed by atoms with Gasteiger partial charge in [-0.2, -0.15) is 4.99 Å². The summed E-state index contributed by atoms with van der Waals surface area (Å²) in [7, 11) is 0. The molecule has 4 aromatic rings. The highest BCUT2D eigenvalue weighted by Gasteiger charge is 2.37. The van der Waals surface area contributed by atoms with Gasteiger partial charge in [0.25, 0.3) is 0 Å². The maximum atomic E-state index is 14.9. The number of hydrogen-bond acceptors (Lipinski definition) is 8. The monoisotopic (exact) mass is 703 g/mol. The number of alkyl halides is 7. The van der Waals surface area contributed by atoms with Crippen LogP contribution in [0.5, 0.6) is 11.5 Å². The third kappa shape index (κ3) is 8.70. The second kappa shape index (κ2) is 13.5. The quantitative estimate of drug-likeness (QED) is 0.172. The van der Waals surface area contributed by atoms with E-state index in [9.17, 15) is 40.3 Å². The van der Waals surface area contributed by atoms with Crippen LogP contribution < -0.4 is 14.4 Å². The van der Waals surface area contributed by atoms with Gasteiger partial charge in [0.2, 0.25) is 5.91 Å². The van der Waals surface area contributed by atoms with Gasteiger partial charge in [-0.3, -0.25) is 9.69 Å². The SMILES string of the molecule is O=C(N=C1SCC(=O)N1c1cc(Cl)ccc1OC(F)(F)F)OCC(F)c1ccc(-c2ncn(-c3ccc(OC(F)(F)F)cc3)n2)cc1. The minimum Gasteiger partial charge on any atom is -0.444 e. The molecule has 2 heterocycles. The molecule has 0 radical (unpaired) electrons. The van der Waals surface area contributed by atoms with Crippen molar-refractivity contribution in [3.63, 3.8) is 0 Å². The van der Waals surface area contributed by atoms with Crippen LogP contribution in [-0.4, -0.2) is 57.0 Å². The van der Waals surface area contributed by atoms with Crippen LogP contribution in [0.1, 0.15) is 11.7 Å². The molecule has 1 aromatic heterocycles. The summed E-state index contributed by atoms with van der Waals surface area (Å²) in [5.41, 5.74) is 0.565. The van der Waals surface area contributed by atoms with Gasteiger partial charge in [0, 0.05) is 10.6 Å². The average molecular weight is 704 g/mol. The van der Waals surface area contributed by atoms with Gasteiger partial charge in [-0.25, -0.2) is 18.9 Å². The average Bonchev–Trinajstić information content (AvgIpc) is 3.63. The molecule has 0 bridgehead atoms. The molecular weight excluding hydrogens is 687 g/mol. The summed E-state index contributed by atoms with van der Waals surface area (Å²) >= 11 is 6.65. The second-order valence-electron chi connectivity index (χ2n) is 9.29. The molecule has 1 atom stereocenters. The zero-order valence-electron chi connectivity index (χ0n) is 23.1. The molecule has 10 nitrogen and oxygen atoms in total. The van der Waals surface area contributed by atoms with E-state index >= 15 is 0 Å². The molecule has 19 heteroatoms. The summed E-state index contributed by atoms with van der Waals surface area (Å²) in [6.45, 7) is -0.784. The standard InChI is InChI=1S/C28H17ClF7N5O5S/c29-17-5-10-22(46-28(34,35)36)21(11-17)41-23(42)13-47-25(41)38-26(43)44-12-20(30)15-1-3-16(4-2-15)24-37-14-40(39-24)18-6-8-19(9-7-18)45-27(31,32)33/h1-11,14,20H,12-13H2. The molecule has 1 aliphatic rings. The maximum absolute atomic E-state index is 14.9. The van der Waals surface area contributed by atoms with Gasteiger partial charge in [0.1, 0.15) is 18.7 Å². The molecule has 0 N–H and O–H groups in total. The third-order valence-electron chi connectivity index (χ3n) is 6.05. The molecule has 1 unspecified atom stereocenters. The first kappa shape index (κ1) is 33.5. The largest absolute Gasteiger partial charge is 0.573 e. The lowest BCUT2D eigenvalue weighted by Crippen LogP contribution is -2.31. The number of nitrogens with zero attached hydrogens (tertiary/aromatic N) is 5. The van der Waals surface area contributed by atoms with Crippen LogP contribution in [0.3, 0.4) is 0 Å². The van der Waals surface area contributed by atoms with Crippen molar-refractivity contribution >= 4 is 46.2 Å². The van der Waals surface area contributed by atoms with Crippen LogP contribution in [0.15, 0.2) is 78.0 Å². The highest BCUT2D eigenvalue weighted by molar-refractivity contribution is 8.15. The number of amides is 2. The summed E-state index contributed by atoms with van der Waals surface area (Å²) < 4.78 is 105. The Balaban J connectivity index is 1.21. The van der Waals surface area contributed by atoms with Crippen LogP contribution in [0.2, 0.25) is 5.02 Å². The number of hydrogen-bond donors (Lipinski definition) is 0. The summed E-state index contributed by atoms with van der Waals surface area (Å²) in [4.78, 5) is 33.4. The summed E-state index contributed by atoms with van der Waals surface area (Å²) in [6.07, 6.45) is -11.7. The fraction of sp³-hybridized carbons (Fsp3) is 0.179. The lowest BCUT2D eigenvalue weighted by atomic mass is 10.1. The van der Waals surface area contributed by atoms with Crippen molar-refractivity contribution in [2.75, 3.05) is 17.3 Å². The second-order valence-corrected chi connectivity index (χ2v) is 10.7. The van der Waals surface area contributed by atoms with Crippen molar-refractivity contribution in [1.82, 2.24) is 14.8 Å². The van der Waals surface area contributed by atoms with Gasteiger partial charge in [-0.05, 0) is 48.0 Å². The molecule has 246 valence electrons. The lowest BCUT2D eigenvalue weighted by Gasteiger charge is -2.20. The van der Waals surface area contributed by atoms with Crippen LogP contribution >= 0.6 is 23.4 Å². The molecule has 0 saturated carbocycles. The van der Waals surface area contributed by atoms with Crippen molar-refractivity contribution < 1.29 is 54.5 Å². The van der Waals surface area contributed by atoms with Gasteiger partial charge < -0.3 is 14.2 Å². The van der Waals surface area contributed by atoms with E-state index in [0.29, 0.717) is 11.3 Å². The predicted octanol–water partition coefficient (Wildman–Crippen LogP) is 7.67. The van der Waals surface area contributed by atoms with Gasteiger partial charge in [-0.1, -0.05) is 47.6 Å². The van der Waals surface area contributed by atoms with E-state index < -0.39 is 54.7 Å². The Morgan fingerprint density at radius 2 is 1.66 bits per heavy atom. The molecule has 2 amide bonds. The Morgan fingerprint density at radius 1 is 0.979 bits per heavy atom. The van der Waals surface area contributed by atoms with E-state index in [1.165, 1.54) is 47.4 Å². The Bertz CT molecular complexity index is 1800. The first-order valence-corrected chi connectivity index (χ1v) is 14.3. The third-order valence-corrected chi connectivity index (χ3v) is 7.21. The Labute approximate surface area is 268 Å². The van der Waals surface area contributed by atoms with Gasteiger partial charge in [0.05, 0.1) is 17.1 Å². The van der Waals surface area contributed by atoms with Gasteiger partial charge >= 0.3 is 18.8 Å². The van der Waals surface area contributed by atoms with Crippen molar-refractivity contribution in [3.8, 4) is 28.6 Å². The number of halogens is 8. The zero-order chi connectivity index (χ0) is 33.9. The van der Waals surface area contributed by atoms with Crippen molar-refractivity contribution in [2.45, 2.75) is 18.9 Å². The number of amidine groups is 1. The lowest BCUT2D eigenvalue weighted by molar-refractivity contribution is -0.275. The topological polar surface area (TPSA) is 108 Å². The highest BCUT2D eigenvalue weighted by Crippen LogP contribution is 2.39. The Kier molecular flexibility index (Phi) is 9.62. The van der Waals surface area contributed by atoms with E-state index in [1.807, 2.05) is 0 Å². The number of ether oxygens (including phenoxy) is 3. The maximum Gasteiger partial charge on any atom is 0.573 e. The van der Waals surface area contributed by atoms with E-state index in [-0.39, 0.29) is 27.3 Å². The number of aliphatic imine (C=N–C) groups is 1. The minimum absolute atomic E-state index is 0.0234. The zero-order valence-corrected chi connectivity index (χ0v) is 24.7. The molecule has 0 spiro atoms. The molecule has 3 aromatic carbocycles. The van der Waals surface area contributed by atoms with Crippen LogP contribution in [0.25, 0.3) is 17.1 Å². The Morgan fingerprint density at radius 3 is 2.32 bits per heavy atom. The number of carbonyl (C=O) groups excluding carboxylic acids is 2. The molecule has 1 fully saturated rings. The van der Waals surface area contributed by atoms with E-state index in [0.717, 1.165) is 47.0 Å². The number of aromatic nitrogens is 3. The number of anilines is 1. The van der Waals surface area contributed by atoms with Crippen molar-refractivity contribution in [3.05, 3.63) is 83.6 Å². The summed E-state index contributed by atoms with van der Waals surface area (Å²) in [5, 5.41) is 3.91. The molecule has 1 saturated heterocycles. The number of thioether (sulfide) groups is 1. The summed E-state index contributed by atoms with van der Waals surface area (Å²) in [5.74, 6) is -1.93. The summed E-state index contributed by atoms with van der Waals surface area (Å²) in [6, 6.07) is 13.7. The normalized spacial score (nSPS) is 15.2. The Hall–Kier alpha value is -4.84. The fourth-order valence-corrected chi connectivity index (χ4v) is 5.09. The number of carbonyl (C=O) groups is 2. The highest BCUT2D eigenvalue weighted by atomic mass is 35.5. The van der Waals surface area contributed by atoms with Crippen molar-refractivity contribution in [2.24, 2.45) is 4.99 Å². The van der Waals surface area contributed by atoms with Gasteiger partial charge in [-0.15, -0.1) is 31.4 Å². The smallest absolute Gasteiger partial charge is 0.444 e. The number of rotatable bonds is 8. The van der Waals surface area contributed by atoms with Crippen LogP contribution in [0.4, 0.5) is 41.2 Å². The molecular formula is C28H17ClF7N5O5S. The molecule has 0 aliphatic carbocycles. The van der Waals surface area contributed by atoms with E-state index in [4.69, 9.17) is 16.3 Å². The first-order valence-electron chi connectivity index (χ1n) is 12.9. The van der Waals surface area contributed by atoms with Crippen LogP contribution in [-0.2, 0) is 9.53 Å². The number of benzene rings is 3. The van der Waals surface area contributed by atoms with E-state index in [2.05, 4.69) is 24.5 Å². The van der Waals surface area contributed by atoms with E-state index in [1.54, 1.807) is 0 Å². The van der Waals surface area contributed by atoms with Gasteiger partial charge in [0.15, 0.2) is 22.9 Å². The van der Waals surface area contributed by atoms with Crippen LogP contribution in [0, 0.1) is 0 Å². The predicted molar refractivity (Wildman–Crippen MR) is 154 cm³/mol. The first-order chi connectivity index (χ1) is 22.1. The van der Waals surface area contributed by atoms with Crippen molar-refractivity contribution in [1.29, 1.82) is 0 Å². The molecule has 1 aliphatic heterocycles. The fourth-order valence-electron chi connectivity index (χ4n) is 4.07.